The summed E-state index contributed by atoms with van der Waals surface area (Å²) < 4.78 is 23.6. The number of aliphatic hydroxyl groups is 1. The van der Waals surface area contributed by atoms with Crippen molar-refractivity contribution in [3.8, 4) is 0 Å². The summed E-state index contributed by atoms with van der Waals surface area (Å²) in [6.45, 7) is 0. The van der Waals surface area contributed by atoms with Crippen molar-refractivity contribution >= 4 is 21.2 Å². The zero-order valence-electron chi connectivity index (χ0n) is 9.00. The zero-order chi connectivity index (χ0) is 11.6. The highest BCUT2D eigenvalue weighted by molar-refractivity contribution is 7.92. The molecule has 5 heteroatoms. The molecule has 0 amide bonds. The molecule has 0 spiro atoms. The maximum Gasteiger partial charge on any atom is 0.155 e. The molecule has 1 aromatic heterocycles. The first-order valence-corrected chi connectivity index (χ1v) is 8.11. The van der Waals surface area contributed by atoms with Gasteiger partial charge in [-0.3, -0.25) is 0 Å². The van der Waals surface area contributed by atoms with Gasteiger partial charge in [0, 0.05) is 11.3 Å². The lowest BCUT2D eigenvalue weighted by Gasteiger charge is -2.26. The molecular weight excluding hydrogens is 244 g/mol. The molecule has 0 bridgehead atoms. The van der Waals surface area contributed by atoms with Gasteiger partial charge in [-0.2, -0.15) is 0 Å². The van der Waals surface area contributed by atoms with Crippen molar-refractivity contribution in [2.75, 3.05) is 5.75 Å². The van der Waals surface area contributed by atoms with Crippen LogP contribution >= 0.6 is 11.3 Å². The van der Waals surface area contributed by atoms with Crippen molar-refractivity contribution in [2.24, 2.45) is 0 Å². The SMILES string of the molecule is O=S1(=O)CCCCC1C(O)Cc1cccs1. The van der Waals surface area contributed by atoms with Crippen LogP contribution in [0.1, 0.15) is 24.1 Å². The van der Waals surface area contributed by atoms with Crippen LogP contribution in [0.25, 0.3) is 0 Å². The highest BCUT2D eigenvalue weighted by Gasteiger charge is 2.34. The van der Waals surface area contributed by atoms with E-state index in [-0.39, 0.29) is 5.75 Å². The Morgan fingerprint density at radius 3 is 2.94 bits per heavy atom. The summed E-state index contributed by atoms with van der Waals surface area (Å²) in [5, 5.41) is 11.4. The van der Waals surface area contributed by atoms with Crippen molar-refractivity contribution in [3.05, 3.63) is 22.4 Å². The molecule has 90 valence electrons. The Morgan fingerprint density at radius 1 is 1.50 bits per heavy atom. The lowest BCUT2D eigenvalue weighted by atomic mass is 10.1. The first kappa shape index (κ1) is 12.1. The summed E-state index contributed by atoms with van der Waals surface area (Å²) >= 11 is 1.56. The summed E-state index contributed by atoms with van der Waals surface area (Å²) in [7, 11) is -3.07. The van der Waals surface area contributed by atoms with E-state index in [0.717, 1.165) is 17.7 Å². The first-order chi connectivity index (χ1) is 7.59. The molecule has 2 rings (SSSR count). The van der Waals surface area contributed by atoms with Crippen LogP contribution in [0.15, 0.2) is 17.5 Å². The standard InChI is InChI=1S/C11H16O3S2/c12-10(8-9-4-3-6-15-9)11-5-1-2-7-16(11,13)14/h3-4,6,10-12H,1-2,5,7-8H2. The van der Waals surface area contributed by atoms with E-state index in [1.807, 2.05) is 17.5 Å². The molecule has 0 saturated carbocycles. The number of rotatable bonds is 3. The zero-order valence-corrected chi connectivity index (χ0v) is 10.6. The van der Waals surface area contributed by atoms with Gasteiger partial charge in [-0.1, -0.05) is 12.5 Å². The average Bonchev–Trinajstić information content (AvgIpc) is 2.69. The summed E-state index contributed by atoms with van der Waals surface area (Å²) in [5.74, 6) is 0.235. The maximum absolute atomic E-state index is 11.8. The average molecular weight is 260 g/mol. The smallest absolute Gasteiger partial charge is 0.155 e. The minimum absolute atomic E-state index is 0.235. The van der Waals surface area contributed by atoms with Crippen molar-refractivity contribution in [1.29, 1.82) is 0 Å². The second kappa shape index (κ2) is 4.85. The van der Waals surface area contributed by atoms with E-state index in [4.69, 9.17) is 0 Å². The molecule has 1 aromatic rings. The van der Waals surface area contributed by atoms with Gasteiger partial charge in [0.05, 0.1) is 17.1 Å². The third-order valence-corrected chi connectivity index (χ3v) is 6.28. The maximum atomic E-state index is 11.8. The van der Waals surface area contributed by atoms with Gasteiger partial charge in [-0.25, -0.2) is 8.42 Å². The van der Waals surface area contributed by atoms with E-state index in [2.05, 4.69) is 0 Å². The summed E-state index contributed by atoms with van der Waals surface area (Å²) in [6, 6.07) is 3.85. The van der Waals surface area contributed by atoms with Gasteiger partial charge in [0.2, 0.25) is 0 Å². The van der Waals surface area contributed by atoms with Crippen molar-refractivity contribution in [2.45, 2.75) is 37.0 Å². The van der Waals surface area contributed by atoms with Gasteiger partial charge in [0.1, 0.15) is 0 Å². The Labute approximate surface area is 100 Å². The lowest BCUT2D eigenvalue weighted by Crippen LogP contribution is -2.39. The van der Waals surface area contributed by atoms with Gasteiger partial charge < -0.3 is 5.11 Å². The molecular formula is C11H16O3S2. The highest BCUT2D eigenvalue weighted by atomic mass is 32.2. The second-order valence-corrected chi connectivity index (χ2v) is 7.62. The second-order valence-electron chi connectivity index (χ2n) is 4.25. The predicted molar refractivity (Wildman–Crippen MR) is 65.5 cm³/mol. The minimum atomic E-state index is -3.07. The van der Waals surface area contributed by atoms with Crippen LogP contribution in [0.4, 0.5) is 0 Å². The topological polar surface area (TPSA) is 54.4 Å². The van der Waals surface area contributed by atoms with Crippen molar-refractivity contribution in [3.63, 3.8) is 0 Å². The van der Waals surface area contributed by atoms with E-state index < -0.39 is 21.2 Å². The molecule has 1 saturated heterocycles. The van der Waals surface area contributed by atoms with Crippen molar-refractivity contribution in [1.82, 2.24) is 0 Å². The minimum Gasteiger partial charge on any atom is -0.391 e. The first-order valence-electron chi connectivity index (χ1n) is 5.51. The Morgan fingerprint density at radius 2 is 2.31 bits per heavy atom. The van der Waals surface area contributed by atoms with Crippen LogP contribution in [0, 0.1) is 0 Å². The number of thiophene rings is 1. The van der Waals surface area contributed by atoms with Crippen LogP contribution in [-0.2, 0) is 16.3 Å². The van der Waals surface area contributed by atoms with Crippen LogP contribution in [0.2, 0.25) is 0 Å². The van der Waals surface area contributed by atoms with Gasteiger partial charge in [0.25, 0.3) is 0 Å². The van der Waals surface area contributed by atoms with Crippen LogP contribution in [0.5, 0.6) is 0 Å². The third kappa shape index (κ3) is 2.64. The predicted octanol–water partition coefficient (Wildman–Crippen LogP) is 1.62. The summed E-state index contributed by atoms with van der Waals surface area (Å²) in [6.07, 6.45) is 1.97. The quantitative estimate of drug-likeness (QED) is 0.898. The number of sulfone groups is 1. The Balaban J connectivity index is 2.06. The Hall–Kier alpha value is -0.390. The Bertz CT molecular complexity index is 422. The van der Waals surface area contributed by atoms with Gasteiger partial charge >= 0.3 is 0 Å². The third-order valence-electron chi connectivity index (χ3n) is 3.05. The van der Waals surface area contributed by atoms with Gasteiger partial charge in [-0.15, -0.1) is 11.3 Å². The molecule has 3 nitrogen and oxygen atoms in total. The Kier molecular flexibility index (Phi) is 3.66. The number of hydrogen-bond donors (Lipinski definition) is 1. The molecule has 2 heterocycles. The van der Waals surface area contributed by atoms with Crippen LogP contribution in [0.3, 0.4) is 0 Å². The van der Waals surface area contributed by atoms with Gasteiger partial charge in [0.15, 0.2) is 9.84 Å². The fourth-order valence-corrected chi connectivity index (χ4v) is 4.94. The lowest BCUT2D eigenvalue weighted by molar-refractivity contribution is 0.163. The van der Waals surface area contributed by atoms with E-state index >= 15 is 0 Å². The molecule has 2 atom stereocenters. The number of hydrogen-bond acceptors (Lipinski definition) is 4. The fourth-order valence-electron chi connectivity index (χ4n) is 2.18. The van der Waals surface area contributed by atoms with Crippen LogP contribution in [-0.4, -0.2) is 30.6 Å². The molecule has 1 fully saturated rings. The molecule has 0 aliphatic carbocycles. The number of aliphatic hydroxyl groups excluding tert-OH is 1. The molecule has 16 heavy (non-hydrogen) atoms. The van der Waals surface area contributed by atoms with E-state index in [9.17, 15) is 13.5 Å². The molecule has 0 radical (unpaired) electrons. The molecule has 2 unspecified atom stereocenters. The highest BCUT2D eigenvalue weighted by Crippen LogP contribution is 2.25. The van der Waals surface area contributed by atoms with Gasteiger partial charge in [-0.05, 0) is 24.3 Å². The van der Waals surface area contributed by atoms with Crippen LogP contribution < -0.4 is 0 Å². The monoisotopic (exact) mass is 260 g/mol. The molecule has 1 aliphatic rings. The fraction of sp³-hybridized carbons (Fsp3) is 0.636. The summed E-state index contributed by atoms with van der Waals surface area (Å²) in [5.41, 5.74) is 0. The summed E-state index contributed by atoms with van der Waals surface area (Å²) in [4.78, 5) is 1.05. The van der Waals surface area contributed by atoms with E-state index in [1.54, 1.807) is 11.3 Å². The normalized spacial score (nSPS) is 26.4. The van der Waals surface area contributed by atoms with E-state index in [0.29, 0.717) is 12.8 Å². The molecule has 1 N–H and O–H groups in total. The largest absolute Gasteiger partial charge is 0.391 e. The van der Waals surface area contributed by atoms with E-state index in [1.165, 1.54) is 0 Å². The van der Waals surface area contributed by atoms with Crippen molar-refractivity contribution < 1.29 is 13.5 Å². The molecule has 1 aliphatic heterocycles. The molecule has 0 aromatic carbocycles.